The minimum absolute atomic E-state index is 0.0933. The van der Waals surface area contributed by atoms with E-state index in [0.717, 1.165) is 68.2 Å². The van der Waals surface area contributed by atoms with E-state index in [1.54, 1.807) is 16.6 Å². The van der Waals surface area contributed by atoms with Crippen LogP contribution in [0, 0.1) is 0 Å². The number of pyridine rings is 1. The third-order valence-electron chi connectivity index (χ3n) is 8.77. The van der Waals surface area contributed by atoms with E-state index >= 15 is 0 Å². The molecule has 44 heavy (non-hydrogen) atoms. The van der Waals surface area contributed by atoms with Crippen LogP contribution >= 0.6 is 11.6 Å². The number of rotatable bonds is 9. The number of nitrogens with one attached hydrogen (secondary N) is 2. The number of carbonyl (C=O) groups excluding carboxylic acids is 1. The molecule has 0 spiro atoms. The summed E-state index contributed by atoms with van der Waals surface area (Å²) in [4.78, 5) is 22.2. The fraction of sp³-hybridized carbons (Fsp3) is 0.424. The summed E-state index contributed by atoms with van der Waals surface area (Å²) in [5, 5.41) is 22.0. The van der Waals surface area contributed by atoms with Gasteiger partial charge in [0.2, 0.25) is 5.95 Å². The monoisotopic (exact) mass is 617 g/mol. The van der Waals surface area contributed by atoms with Crippen molar-refractivity contribution >= 4 is 40.5 Å². The van der Waals surface area contributed by atoms with Crippen molar-refractivity contribution in [2.75, 3.05) is 56.1 Å². The van der Waals surface area contributed by atoms with Gasteiger partial charge in [0, 0.05) is 67.2 Å². The second-order valence-corrected chi connectivity index (χ2v) is 12.4. The quantitative estimate of drug-likeness (QED) is 0.252. The van der Waals surface area contributed by atoms with Crippen LogP contribution < -0.4 is 15.5 Å². The number of benzene rings is 2. The van der Waals surface area contributed by atoms with E-state index in [-0.39, 0.29) is 30.1 Å². The number of anilines is 3. The Bertz CT molecular complexity index is 1560. The summed E-state index contributed by atoms with van der Waals surface area (Å²) in [5.74, 6) is 0.385. The van der Waals surface area contributed by atoms with E-state index in [0.29, 0.717) is 23.1 Å². The third kappa shape index (κ3) is 6.68. The second kappa shape index (κ2) is 13.1. The van der Waals surface area contributed by atoms with Crippen LogP contribution in [0.1, 0.15) is 42.6 Å². The lowest BCUT2D eigenvalue weighted by Crippen LogP contribution is -2.47. The number of piperidine rings is 1. The van der Waals surface area contributed by atoms with Gasteiger partial charge in [0.05, 0.1) is 24.5 Å². The average Bonchev–Trinajstić information content (AvgIpc) is 3.44. The predicted octanol–water partition coefficient (Wildman–Crippen LogP) is 4.50. The Kier molecular flexibility index (Phi) is 9.04. The lowest BCUT2D eigenvalue weighted by Gasteiger charge is -2.42. The van der Waals surface area contributed by atoms with Gasteiger partial charge in [-0.2, -0.15) is 4.98 Å². The highest BCUT2D eigenvalue weighted by atomic mass is 35.5. The molecule has 2 atom stereocenters. The summed E-state index contributed by atoms with van der Waals surface area (Å²) in [6, 6.07) is 19.2. The van der Waals surface area contributed by atoms with Gasteiger partial charge in [-0.15, -0.1) is 5.10 Å². The van der Waals surface area contributed by atoms with Gasteiger partial charge in [-0.3, -0.25) is 9.69 Å². The van der Waals surface area contributed by atoms with Crippen molar-refractivity contribution in [1.82, 2.24) is 24.8 Å². The molecule has 10 nitrogen and oxygen atoms in total. The summed E-state index contributed by atoms with van der Waals surface area (Å²) >= 11 is 6.10. The van der Waals surface area contributed by atoms with Gasteiger partial charge < -0.3 is 25.4 Å². The topological polar surface area (TPSA) is 107 Å². The zero-order chi connectivity index (χ0) is 30.7. The highest BCUT2D eigenvalue weighted by molar-refractivity contribution is 6.30. The maximum Gasteiger partial charge on any atom is 0.251 e. The fourth-order valence-electron chi connectivity index (χ4n) is 6.44. The lowest BCUT2D eigenvalue weighted by molar-refractivity contribution is -0.0672. The van der Waals surface area contributed by atoms with Crippen LogP contribution in [0.15, 0.2) is 66.9 Å². The molecule has 2 aliphatic rings. The molecule has 0 saturated carbocycles. The molecule has 2 fully saturated rings. The number of aliphatic hydroxyl groups is 1. The van der Waals surface area contributed by atoms with E-state index in [4.69, 9.17) is 21.3 Å². The number of morpholine rings is 1. The van der Waals surface area contributed by atoms with Crippen LogP contribution in [0.4, 0.5) is 17.3 Å². The van der Waals surface area contributed by atoms with Crippen molar-refractivity contribution in [2.24, 2.45) is 0 Å². The first kappa shape index (κ1) is 30.3. The molecule has 1 amide bonds. The third-order valence-corrected chi connectivity index (χ3v) is 9.03. The van der Waals surface area contributed by atoms with E-state index in [2.05, 4.69) is 45.4 Å². The van der Waals surface area contributed by atoms with Gasteiger partial charge in [-0.1, -0.05) is 23.7 Å². The number of carbonyl (C=O) groups is 1. The molecule has 2 aromatic carbocycles. The average molecular weight is 618 g/mol. The maximum absolute atomic E-state index is 12.7. The molecule has 232 valence electrons. The maximum atomic E-state index is 12.7. The normalized spacial score (nSPS) is 20.5. The van der Waals surface area contributed by atoms with Crippen molar-refractivity contribution in [1.29, 1.82) is 0 Å². The summed E-state index contributed by atoms with van der Waals surface area (Å²) in [6.07, 6.45) is 3.94. The standard InChI is InChI=1S/C33H40ClN7O3/c1-23-20-39(21-24(2)44-23)19-15-35-31(43)25-5-11-28(12-6-25)36-32-37-30-29(4-3-16-41(30)38-32)40-17-13-33(22-42,14-18-40)26-7-9-27(34)10-8-26/h3-12,16,23-24,42H,13-15,17-22H2,1-2H3,(H,35,43)(H,36,38)/t23-,24-/m0/s1. The smallest absolute Gasteiger partial charge is 0.251 e. The molecule has 6 rings (SSSR count). The van der Waals surface area contributed by atoms with Crippen LogP contribution in [-0.4, -0.2) is 88.6 Å². The Morgan fingerprint density at radius 2 is 1.75 bits per heavy atom. The lowest BCUT2D eigenvalue weighted by atomic mass is 9.73. The Hall–Kier alpha value is -3.70. The summed E-state index contributed by atoms with van der Waals surface area (Å²) in [7, 11) is 0. The number of halogens is 1. The molecule has 0 radical (unpaired) electrons. The van der Waals surface area contributed by atoms with Crippen molar-refractivity contribution < 1.29 is 14.6 Å². The molecule has 3 N–H and O–H groups in total. The molecule has 4 aromatic rings. The van der Waals surface area contributed by atoms with E-state index in [1.807, 2.05) is 48.7 Å². The van der Waals surface area contributed by atoms with Crippen molar-refractivity contribution in [3.05, 3.63) is 83.0 Å². The van der Waals surface area contributed by atoms with Gasteiger partial charge in [0.1, 0.15) is 0 Å². The number of hydrogen-bond acceptors (Lipinski definition) is 8. The number of aromatic nitrogens is 3. The van der Waals surface area contributed by atoms with Crippen LogP contribution in [0.25, 0.3) is 5.65 Å². The summed E-state index contributed by atoms with van der Waals surface area (Å²) in [5.41, 5.74) is 4.00. The molecule has 2 aliphatic heterocycles. The number of hydrogen-bond donors (Lipinski definition) is 3. The zero-order valence-corrected chi connectivity index (χ0v) is 26.0. The second-order valence-electron chi connectivity index (χ2n) is 12.0. The predicted molar refractivity (Wildman–Crippen MR) is 173 cm³/mol. The van der Waals surface area contributed by atoms with Crippen molar-refractivity contribution in [3.8, 4) is 0 Å². The van der Waals surface area contributed by atoms with Crippen LogP contribution in [0.5, 0.6) is 0 Å². The molecule has 0 unspecified atom stereocenters. The molecular weight excluding hydrogens is 578 g/mol. The van der Waals surface area contributed by atoms with E-state index < -0.39 is 0 Å². The highest BCUT2D eigenvalue weighted by Crippen LogP contribution is 2.38. The van der Waals surface area contributed by atoms with Crippen molar-refractivity contribution in [3.63, 3.8) is 0 Å². The fourth-order valence-corrected chi connectivity index (χ4v) is 6.57. The number of fused-ring (bicyclic) bond motifs is 1. The first-order chi connectivity index (χ1) is 21.3. The highest BCUT2D eigenvalue weighted by Gasteiger charge is 2.36. The number of nitrogens with zero attached hydrogens (tertiary/aromatic N) is 5. The van der Waals surface area contributed by atoms with Crippen molar-refractivity contribution in [2.45, 2.75) is 44.3 Å². The van der Waals surface area contributed by atoms with Crippen LogP contribution in [-0.2, 0) is 10.2 Å². The Labute approximate surface area is 263 Å². The van der Waals surface area contributed by atoms with Crippen LogP contribution in [0.2, 0.25) is 5.02 Å². The summed E-state index contributed by atoms with van der Waals surface area (Å²) < 4.78 is 7.57. The minimum Gasteiger partial charge on any atom is -0.395 e. The Morgan fingerprint density at radius 3 is 2.43 bits per heavy atom. The largest absolute Gasteiger partial charge is 0.395 e. The zero-order valence-electron chi connectivity index (χ0n) is 25.2. The molecular formula is C33H40ClN7O3. The van der Waals surface area contributed by atoms with Gasteiger partial charge in [0.15, 0.2) is 5.65 Å². The van der Waals surface area contributed by atoms with Gasteiger partial charge in [0.25, 0.3) is 5.91 Å². The molecule has 11 heteroatoms. The van der Waals surface area contributed by atoms with Gasteiger partial charge >= 0.3 is 0 Å². The minimum atomic E-state index is -0.282. The van der Waals surface area contributed by atoms with Gasteiger partial charge in [-0.05, 0) is 80.8 Å². The molecule has 4 heterocycles. The SMILES string of the molecule is C[C@H]1CN(CCNC(=O)c2ccc(Nc3nc4c(N5CCC(CO)(c6ccc(Cl)cc6)CC5)cccn4n3)cc2)C[C@H](C)O1. The van der Waals surface area contributed by atoms with E-state index in [1.165, 1.54) is 0 Å². The number of amides is 1. The van der Waals surface area contributed by atoms with E-state index in [9.17, 15) is 9.90 Å². The summed E-state index contributed by atoms with van der Waals surface area (Å²) in [6.45, 7) is 8.98. The number of ether oxygens (including phenoxy) is 1. The Balaban J connectivity index is 1.06. The first-order valence-corrected chi connectivity index (χ1v) is 15.7. The first-order valence-electron chi connectivity index (χ1n) is 15.3. The molecule has 2 aromatic heterocycles. The molecule has 0 aliphatic carbocycles. The molecule has 0 bridgehead atoms. The van der Waals surface area contributed by atoms with Crippen LogP contribution in [0.3, 0.4) is 0 Å². The number of aliphatic hydroxyl groups excluding tert-OH is 1. The molecule has 2 saturated heterocycles. The van der Waals surface area contributed by atoms with Gasteiger partial charge in [-0.25, -0.2) is 4.52 Å². The Morgan fingerprint density at radius 1 is 1.05 bits per heavy atom.